The lowest BCUT2D eigenvalue weighted by molar-refractivity contribution is -0.127. The molecule has 2 rings (SSSR count). The number of carbonyl (C=O) groups excluding carboxylic acids is 2. The van der Waals surface area contributed by atoms with Gasteiger partial charge >= 0.3 is 0 Å². The van der Waals surface area contributed by atoms with E-state index in [1.54, 1.807) is 13.0 Å². The normalized spacial score (nSPS) is 16.6. The summed E-state index contributed by atoms with van der Waals surface area (Å²) in [5.41, 5.74) is 1.83. The monoisotopic (exact) mass is 303 g/mol. The zero-order chi connectivity index (χ0) is 16.1. The molecule has 1 aromatic carbocycles. The third kappa shape index (κ3) is 4.09. The number of hydrogen-bond acceptors (Lipinski definition) is 3. The molecule has 0 spiro atoms. The van der Waals surface area contributed by atoms with Crippen molar-refractivity contribution in [3.05, 3.63) is 29.3 Å². The van der Waals surface area contributed by atoms with Crippen LogP contribution in [0, 0.1) is 0 Å². The highest BCUT2D eigenvalue weighted by Gasteiger charge is 2.20. The van der Waals surface area contributed by atoms with Crippen LogP contribution >= 0.6 is 0 Å². The van der Waals surface area contributed by atoms with Gasteiger partial charge in [-0.25, -0.2) is 0 Å². The van der Waals surface area contributed by atoms with E-state index in [-0.39, 0.29) is 17.7 Å². The molecule has 0 bridgehead atoms. The van der Waals surface area contributed by atoms with E-state index in [4.69, 9.17) is 4.74 Å². The Kier molecular flexibility index (Phi) is 5.58. The number of rotatable bonds is 6. The van der Waals surface area contributed by atoms with Crippen molar-refractivity contribution in [2.75, 3.05) is 0 Å². The van der Waals surface area contributed by atoms with Crippen molar-refractivity contribution in [1.82, 2.24) is 5.32 Å². The molecule has 4 nitrogen and oxygen atoms in total. The Hall–Kier alpha value is -1.84. The lowest BCUT2D eigenvalue weighted by Gasteiger charge is -2.20. The Morgan fingerprint density at radius 3 is 2.82 bits per heavy atom. The van der Waals surface area contributed by atoms with Gasteiger partial charge in [0.25, 0.3) is 5.91 Å². The van der Waals surface area contributed by atoms with Gasteiger partial charge in [0.15, 0.2) is 11.9 Å². The zero-order valence-corrected chi connectivity index (χ0v) is 13.6. The van der Waals surface area contributed by atoms with Gasteiger partial charge in [-0.05, 0) is 56.9 Å². The molecular weight excluding hydrogens is 278 g/mol. The second-order valence-electron chi connectivity index (χ2n) is 6.05. The van der Waals surface area contributed by atoms with Crippen LogP contribution in [0.3, 0.4) is 0 Å². The summed E-state index contributed by atoms with van der Waals surface area (Å²) in [6.07, 6.45) is 3.86. The summed E-state index contributed by atoms with van der Waals surface area (Å²) in [4.78, 5) is 23.9. The van der Waals surface area contributed by atoms with Gasteiger partial charge in [0.05, 0.1) is 0 Å². The summed E-state index contributed by atoms with van der Waals surface area (Å²) in [7, 11) is 0. The summed E-state index contributed by atoms with van der Waals surface area (Å²) in [6, 6.07) is 5.65. The fourth-order valence-corrected chi connectivity index (χ4v) is 2.82. The molecule has 22 heavy (non-hydrogen) atoms. The van der Waals surface area contributed by atoms with Crippen molar-refractivity contribution in [2.24, 2.45) is 0 Å². The number of carbonyl (C=O) groups is 2. The Balaban J connectivity index is 1.98. The number of ether oxygens (including phenoxy) is 1. The molecule has 0 fully saturated rings. The highest BCUT2D eigenvalue weighted by atomic mass is 16.5. The fourth-order valence-electron chi connectivity index (χ4n) is 2.82. The Morgan fingerprint density at radius 2 is 2.09 bits per heavy atom. The van der Waals surface area contributed by atoms with E-state index in [1.165, 1.54) is 0 Å². The van der Waals surface area contributed by atoms with Crippen LogP contribution in [-0.4, -0.2) is 23.8 Å². The minimum Gasteiger partial charge on any atom is -0.481 e. The Labute approximate surface area is 132 Å². The van der Waals surface area contributed by atoms with Gasteiger partial charge in [0.1, 0.15) is 5.75 Å². The largest absolute Gasteiger partial charge is 0.481 e. The molecule has 0 saturated heterocycles. The molecule has 4 heteroatoms. The molecule has 0 heterocycles. The van der Waals surface area contributed by atoms with Crippen LogP contribution in [-0.2, 0) is 11.2 Å². The first-order chi connectivity index (χ1) is 10.5. The molecule has 2 unspecified atom stereocenters. The first-order valence-corrected chi connectivity index (χ1v) is 8.14. The molecule has 1 aromatic rings. The highest BCUT2D eigenvalue weighted by Crippen LogP contribution is 2.26. The van der Waals surface area contributed by atoms with E-state index in [1.807, 2.05) is 19.1 Å². The summed E-state index contributed by atoms with van der Waals surface area (Å²) < 4.78 is 5.73. The third-order valence-electron chi connectivity index (χ3n) is 4.02. The Morgan fingerprint density at radius 1 is 1.32 bits per heavy atom. The second-order valence-corrected chi connectivity index (χ2v) is 6.05. The average Bonchev–Trinajstić information content (AvgIpc) is 2.47. The molecule has 2 atom stereocenters. The van der Waals surface area contributed by atoms with Crippen LogP contribution in [0.4, 0.5) is 0 Å². The highest BCUT2D eigenvalue weighted by molar-refractivity contribution is 5.98. The SMILES string of the molecule is CCCC(C)NC(=O)C(C)Oc1ccc2c(c1)CCCC2=O. The summed E-state index contributed by atoms with van der Waals surface area (Å²) in [5, 5.41) is 2.95. The maximum absolute atomic E-state index is 12.1. The topological polar surface area (TPSA) is 55.4 Å². The predicted molar refractivity (Wildman–Crippen MR) is 86.3 cm³/mol. The second kappa shape index (κ2) is 7.43. The number of nitrogens with one attached hydrogen (secondary N) is 1. The number of benzene rings is 1. The van der Waals surface area contributed by atoms with Gasteiger partial charge in [0, 0.05) is 18.0 Å². The Bertz CT molecular complexity index is 553. The third-order valence-corrected chi connectivity index (χ3v) is 4.02. The molecular formula is C18H25NO3. The zero-order valence-electron chi connectivity index (χ0n) is 13.6. The molecule has 120 valence electrons. The number of ketones is 1. The minimum absolute atomic E-state index is 0.102. The van der Waals surface area contributed by atoms with Crippen LogP contribution in [0.1, 0.15) is 62.4 Å². The molecule has 1 aliphatic carbocycles. The molecule has 1 amide bonds. The van der Waals surface area contributed by atoms with Crippen LogP contribution < -0.4 is 10.1 Å². The van der Waals surface area contributed by atoms with Gasteiger partial charge in [0.2, 0.25) is 0 Å². The summed E-state index contributed by atoms with van der Waals surface area (Å²) in [5.74, 6) is 0.751. The van der Waals surface area contributed by atoms with Crippen molar-refractivity contribution in [1.29, 1.82) is 0 Å². The van der Waals surface area contributed by atoms with Crippen molar-refractivity contribution in [3.63, 3.8) is 0 Å². The van der Waals surface area contributed by atoms with Crippen LogP contribution in [0.25, 0.3) is 0 Å². The molecule has 0 aromatic heterocycles. The molecule has 0 aliphatic heterocycles. The van der Waals surface area contributed by atoms with Crippen molar-refractivity contribution in [3.8, 4) is 5.75 Å². The fraction of sp³-hybridized carbons (Fsp3) is 0.556. The quantitative estimate of drug-likeness (QED) is 0.877. The molecule has 1 N–H and O–H groups in total. The van der Waals surface area contributed by atoms with Crippen molar-refractivity contribution in [2.45, 2.75) is 65.0 Å². The predicted octanol–water partition coefficient (Wildman–Crippen LogP) is 3.28. The molecule has 0 saturated carbocycles. The van der Waals surface area contributed by atoms with E-state index in [0.717, 1.165) is 36.8 Å². The standard InChI is InChI=1S/C18H25NO3/c1-4-6-12(2)19-18(21)13(3)22-15-9-10-16-14(11-15)7-5-8-17(16)20/h9-13H,4-8H2,1-3H3,(H,19,21). The summed E-state index contributed by atoms with van der Waals surface area (Å²) >= 11 is 0. The summed E-state index contributed by atoms with van der Waals surface area (Å²) in [6.45, 7) is 5.84. The van der Waals surface area contributed by atoms with E-state index in [9.17, 15) is 9.59 Å². The lowest BCUT2D eigenvalue weighted by atomic mass is 9.90. The lowest BCUT2D eigenvalue weighted by Crippen LogP contribution is -2.41. The van der Waals surface area contributed by atoms with Gasteiger partial charge in [-0.1, -0.05) is 13.3 Å². The van der Waals surface area contributed by atoms with Gasteiger partial charge in [-0.15, -0.1) is 0 Å². The maximum Gasteiger partial charge on any atom is 0.260 e. The average molecular weight is 303 g/mol. The van der Waals surface area contributed by atoms with E-state index in [0.29, 0.717) is 12.2 Å². The molecule has 0 radical (unpaired) electrons. The van der Waals surface area contributed by atoms with E-state index >= 15 is 0 Å². The number of aryl methyl sites for hydroxylation is 1. The van der Waals surface area contributed by atoms with Gasteiger partial charge < -0.3 is 10.1 Å². The minimum atomic E-state index is -0.545. The number of amides is 1. The van der Waals surface area contributed by atoms with Crippen molar-refractivity contribution < 1.29 is 14.3 Å². The number of fused-ring (bicyclic) bond motifs is 1. The van der Waals surface area contributed by atoms with E-state index in [2.05, 4.69) is 12.2 Å². The van der Waals surface area contributed by atoms with Gasteiger partial charge in [-0.3, -0.25) is 9.59 Å². The van der Waals surface area contributed by atoms with Crippen LogP contribution in [0.15, 0.2) is 18.2 Å². The smallest absolute Gasteiger partial charge is 0.260 e. The number of Topliss-reactive ketones (excluding diaryl/α,β-unsaturated/α-hetero) is 1. The van der Waals surface area contributed by atoms with Crippen molar-refractivity contribution >= 4 is 11.7 Å². The van der Waals surface area contributed by atoms with Crippen LogP contribution in [0.5, 0.6) is 5.75 Å². The van der Waals surface area contributed by atoms with E-state index < -0.39 is 6.10 Å². The first-order valence-electron chi connectivity index (χ1n) is 8.14. The first kappa shape index (κ1) is 16.5. The number of hydrogen-bond donors (Lipinski definition) is 1. The molecule has 1 aliphatic rings. The maximum atomic E-state index is 12.1. The van der Waals surface area contributed by atoms with Gasteiger partial charge in [-0.2, -0.15) is 0 Å². The van der Waals surface area contributed by atoms with Crippen LogP contribution in [0.2, 0.25) is 0 Å².